The number of aliphatic imine (C=N–C) groups is 1. The fraction of sp³-hybridized carbons (Fsp3) is 0.394. The van der Waals surface area contributed by atoms with E-state index in [4.69, 9.17) is 19.3 Å². The van der Waals surface area contributed by atoms with Crippen LogP contribution >= 0.6 is 0 Å². The van der Waals surface area contributed by atoms with E-state index in [9.17, 15) is 20.1 Å². The molecule has 2 fully saturated rings. The van der Waals surface area contributed by atoms with Gasteiger partial charge in [0.05, 0.1) is 27.4 Å². The third-order valence-electron chi connectivity index (χ3n) is 9.64. The smallest absolute Gasteiger partial charge is 0.254 e. The lowest BCUT2D eigenvalue weighted by Gasteiger charge is -2.42. The molecule has 0 unspecified atom stereocenters. The molecule has 1 spiro atoms. The summed E-state index contributed by atoms with van der Waals surface area (Å²) < 4.78 is 12.6. The van der Waals surface area contributed by atoms with Gasteiger partial charge in [-0.25, -0.2) is 5.06 Å². The van der Waals surface area contributed by atoms with Crippen molar-refractivity contribution in [2.75, 3.05) is 21.3 Å². The van der Waals surface area contributed by atoms with Crippen LogP contribution in [0.1, 0.15) is 46.6 Å². The lowest BCUT2D eigenvalue weighted by atomic mass is 9.67. The number of hydrogen-bond acceptors (Lipinski definition) is 9. The highest BCUT2D eigenvalue weighted by molar-refractivity contribution is 5.94. The number of carbonyl (C=O) groups is 1. The minimum absolute atomic E-state index is 0.0991. The Balaban J connectivity index is 1.64. The van der Waals surface area contributed by atoms with Crippen LogP contribution in [0.5, 0.6) is 11.5 Å². The van der Waals surface area contributed by atoms with Crippen molar-refractivity contribution in [3.05, 3.63) is 94.5 Å². The highest BCUT2D eigenvalue weighted by Crippen LogP contribution is 2.75. The average molecular weight is 586 g/mol. The van der Waals surface area contributed by atoms with E-state index in [1.54, 1.807) is 19.2 Å². The second-order valence-corrected chi connectivity index (χ2v) is 11.8. The van der Waals surface area contributed by atoms with E-state index < -0.39 is 41.2 Å². The molecule has 43 heavy (non-hydrogen) atoms. The van der Waals surface area contributed by atoms with Gasteiger partial charge in [0.25, 0.3) is 5.91 Å². The molecule has 2 saturated carbocycles. The fourth-order valence-corrected chi connectivity index (χ4v) is 7.67. The van der Waals surface area contributed by atoms with E-state index in [2.05, 4.69) is 5.32 Å². The summed E-state index contributed by atoms with van der Waals surface area (Å²) >= 11 is 0. The van der Waals surface area contributed by atoms with Crippen molar-refractivity contribution in [2.45, 2.75) is 48.8 Å². The molecule has 0 radical (unpaired) electrons. The van der Waals surface area contributed by atoms with Crippen molar-refractivity contribution in [3.63, 3.8) is 0 Å². The molecule has 1 amide bonds. The van der Waals surface area contributed by atoms with Gasteiger partial charge in [-0.15, -0.1) is 0 Å². The number of amidine groups is 1. The maximum absolute atomic E-state index is 14.5. The van der Waals surface area contributed by atoms with Gasteiger partial charge in [0.2, 0.25) is 0 Å². The van der Waals surface area contributed by atoms with Crippen LogP contribution in [0.15, 0.2) is 71.7 Å². The number of hydroxylamine groups is 2. The molecule has 224 valence electrons. The molecule has 0 saturated heterocycles. The van der Waals surface area contributed by atoms with Crippen LogP contribution in [0, 0.1) is 11.8 Å². The molecular formula is C33H35N3O7. The van der Waals surface area contributed by atoms with Crippen molar-refractivity contribution in [3.8, 4) is 11.5 Å². The zero-order valence-electron chi connectivity index (χ0n) is 24.3. The van der Waals surface area contributed by atoms with Gasteiger partial charge in [-0.2, -0.15) is 0 Å². The van der Waals surface area contributed by atoms with Crippen molar-refractivity contribution in [2.24, 2.45) is 16.8 Å². The summed E-state index contributed by atoms with van der Waals surface area (Å²) in [7, 11) is 4.52. The van der Waals surface area contributed by atoms with Gasteiger partial charge in [0, 0.05) is 24.4 Å². The summed E-state index contributed by atoms with van der Waals surface area (Å²) in [5.41, 5.74) is -2.16. The number of ether oxygens (including phenoxy) is 2. The molecule has 2 aliphatic carbocycles. The number of methoxy groups -OCH3 is 1. The lowest BCUT2D eigenvalue weighted by Crippen LogP contribution is -2.62. The Morgan fingerprint density at radius 2 is 1.79 bits per heavy atom. The largest absolute Gasteiger partial charge is 0.497 e. The number of hydrogen-bond donors (Lipinski definition) is 4. The summed E-state index contributed by atoms with van der Waals surface area (Å²) in [6.07, 6.45) is 1.80. The molecule has 2 heterocycles. The topological polar surface area (TPSA) is 133 Å². The standard InChI is InChI=1S/C33H35N3O7/c1-36(42-3)30(39)28-27(20-7-5-4-6-8-20)31(23-11-13-24(41-2)14-12-23)32(33(28,40)35-29(34-32)21-9-10-21)26-22(18-38)15-19(17-37)16-25(26)43-31/h4-8,11-16,21,27-28,37-38,40H,9-10,17-18H2,1-3H3,(H,34,35)/t27-,28+,31+,32-,33-/m1/s1. The highest BCUT2D eigenvalue weighted by atomic mass is 16.7. The quantitative estimate of drug-likeness (QED) is 0.297. The summed E-state index contributed by atoms with van der Waals surface area (Å²) in [6, 6.07) is 20.4. The maximum Gasteiger partial charge on any atom is 0.254 e. The van der Waals surface area contributed by atoms with E-state index >= 15 is 0 Å². The van der Waals surface area contributed by atoms with Crippen LogP contribution in [-0.4, -0.2) is 59.1 Å². The first-order valence-electron chi connectivity index (χ1n) is 14.5. The van der Waals surface area contributed by atoms with Crippen LogP contribution in [0.4, 0.5) is 0 Å². The lowest BCUT2D eigenvalue weighted by molar-refractivity contribution is -0.184. The first kappa shape index (κ1) is 27.8. The minimum atomic E-state index is -1.99. The van der Waals surface area contributed by atoms with E-state index in [0.29, 0.717) is 39.6 Å². The molecule has 4 aliphatic rings. The van der Waals surface area contributed by atoms with Gasteiger partial charge in [0.15, 0.2) is 16.9 Å². The molecule has 3 aromatic carbocycles. The number of carbonyl (C=O) groups excluding carboxylic acids is 1. The molecule has 4 N–H and O–H groups in total. The summed E-state index contributed by atoms with van der Waals surface area (Å²) in [6.45, 7) is -0.663. The Morgan fingerprint density at radius 1 is 1.07 bits per heavy atom. The van der Waals surface area contributed by atoms with Gasteiger partial charge in [-0.1, -0.05) is 48.5 Å². The summed E-state index contributed by atoms with van der Waals surface area (Å²) in [5.74, 6) is -0.656. The number of amides is 1. The molecule has 2 aliphatic heterocycles. The second-order valence-electron chi connectivity index (χ2n) is 11.8. The van der Waals surface area contributed by atoms with Crippen molar-refractivity contribution in [1.29, 1.82) is 0 Å². The van der Waals surface area contributed by atoms with Crippen LogP contribution in [0.2, 0.25) is 0 Å². The van der Waals surface area contributed by atoms with E-state index in [1.165, 1.54) is 14.2 Å². The SMILES string of the molecule is COc1ccc([C@@]23Oc4cc(CO)cc(CO)c4[C@@]24N=C(C2CC2)N[C@@]4(O)[C@H](C(=O)N(C)OC)[C@H]3c2ccccc2)cc1. The Bertz CT molecular complexity index is 1610. The summed E-state index contributed by atoms with van der Waals surface area (Å²) in [5, 5.41) is 38.7. The monoisotopic (exact) mass is 585 g/mol. The molecule has 5 atom stereocenters. The number of rotatable bonds is 8. The molecule has 10 heteroatoms. The van der Waals surface area contributed by atoms with Crippen LogP contribution in [0.3, 0.4) is 0 Å². The average Bonchev–Trinajstić information content (AvgIpc) is 3.75. The minimum Gasteiger partial charge on any atom is -0.497 e. The van der Waals surface area contributed by atoms with Crippen LogP contribution < -0.4 is 14.8 Å². The van der Waals surface area contributed by atoms with Crippen molar-refractivity contribution >= 4 is 11.7 Å². The van der Waals surface area contributed by atoms with Crippen LogP contribution in [0.25, 0.3) is 0 Å². The molecule has 7 rings (SSSR count). The summed E-state index contributed by atoms with van der Waals surface area (Å²) in [4.78, 5) is 25.2. The predicted molar refractivity (Wildman–Crippen MR) is 156 cm³/mol. The Hall–Kier alpha value is -3.96. The van der Waals surface area contributed by atoms with Gasteiger partial charge in [-0.3, -0.25) is 14.6 Å². The molecule has 0 aromatic heterocycles. The van der Waals surface area contributed by atoms with Gasteiger partial charge < -0.3 is 30.1 Å². The third-order valence-corrected chi connectivity index (χ3v) is 9.64. The number of aliphatic hydroxyl groups excluding tert-OH is 2. The Morgan fingerprint density at radius 3 is 2.40 bits per heavy atom. The number of nitrogens with zero attached hydrogens (tertiary/aromatic N) is 2. The highest BCUT2D eigenvalue weighted by Gasteiger charge is 2.86. The first-order chi connectivity index (χ1) is 20.8. The number of benzene rings is 3. The third kappa shape index (κ3) is 3.55. The van der Waals surface area contributed by atoms with Gasteiger partial charge >= 0.3 is 0 Å². The molecular weight excluding hydrogens is 550 g/mol. The first-order valence-corrected chi connectivity index (χ1v) is 14.5. The Kier molecular flexibility index (Phi) is 6.34. The van der Waals surface area contributed by atoms with Crippen LogP contribution in [-0.2, 0) is 34.0 Å². The molecule has 3 aromatic rings. The van der Waals surface area contributed by atoms with E-state index in [-0.39, 0.29) is 12.5 Å². The normalized spacial score (nSPS) is 30.0. The van der Waals surface area contributed by atoms with Crippen molar-refractivity contribution in [1.82, 2.24) is 10.4 Å². The fourth-order valence-electron chi connectivity index (χ4n) is 7.67. The Labute approximate surface area is 249 Å². The zero-order valence-corrected chi connectivity index (χ0v) is 24.3. The molecule has 10 nitrogen and oxygen atoms in total. The maximum atomic E-state index is 14.5. The van der Waals surface area contributed by atoms with Gasteiger partial charge in [-0.05, 0) is 53.3 Å². The van der Waals surface area contributed by atoms with Gasteiger partial charge in [0.1, 0.15) is 23.3 Å². The van der Waals surface area contributed by atoms with E-state index in [1.807, 2.05) is 54.6 Å². The zero-order chi connectivity index (χ0) is 30.1. The van der Waals surface area contributed by atoms with E-state index in [0.717, 1.165) is 23.5 Å². The number of nitrogens with one attached hydrogen (secondary N) is 1. The predicted octanol–water partition coefficient (Wildman–Crippen LogP) is 2.70. The second kappa shape index (κ2) is 9.78. The van der Waals surface area contributed by atoms with Crippen molar-refractivity contribution < 1.29 is 34.4 Å². The number of fused-ring (bicyclic) bond motifs is 1. The number of aliphatic hydroxyl groups is 3. The molecule has 0 bridgehead atoms.